The maximum atomic E-state index is 13.9. The summed E-state index contributed by atoms with van der Waals surface area (Å²) >= 11 is 6.68. The molecule has 6 nitrogen and oxygen atoms in total. The zero-order valence-corrected chi connectivity index (χ0v) is 22.9. The summed E-state index contributed by atoms with van der Waals surface area (Å²) in [6, 6.07) is 13.2. The lowest BCUT2D eigenvalue weighted by atomic mass is 9.71. The van der Waals surface area contributed by atoms with Gasteiger partial charge < -0.3 is 19.5 Å². The molecule has 1 heterocycles. The Bertz CT molecular complexity index is 1310. The average molecular weight is 536 g/mol. The number of esters is 1. The molecule has 2 aromatic rings. The number of hydrogen-bond donors (Lipinski definition) is 1. The van der Waals surface area contributed by atoms with Crippen molar-refractivity contribution in [1.29, 1.82) is 0 Å². The fraction of sp³-hybridized carbons (Fsp3) is 0.419. The number of benzene rings is 2. The molecule has 1 saturated carbocycles. The van der Waals surface area contributed by atoms with Gasteiger partial charge in [0.2, 0.25) is 0 Å². The van der Waals surface area contributed by atoms with Crippen molar-refractivity contribution in [3.05, 3.63) is 81.2 Å². The van der Waals surface area contributed by atoms with E-state index in [1.54, 1.807) is 20.3 Å². The molecule has 0 aromatic heterocycles. The van der Waals surface area contributed by atoms with Crippen molar-refractivity contribution in [3.8, 4) is 11.5 Å². The highest BCUT2D eigenvalue weighted by molar-refractivity contribution is 6.31. The highest BCUT2D eigenvalue weighted by Crippen LogP contribution is 2.48. The Morgan fingerprint density at radius 2 is 1.71 bits per heavy atom. The van der Waals surface area contributed by atoms with Crippen molar-refractivity contribution < 1.29 is 23.8 Å². The zero-order chi connectivity index (χ0) is 26.8. The molecular weight excluding hydrogens is 502 g/mol. The summed E-state index contributed by atoms with van der Waals surface area (Å²) in [5.74, 6) is 0.297. The zero-order valence-electron chi connectivity index (χ0n) is 22.1. The van der Waals surface area contributed by atoms with Crippen molar-refractivity contribution in [2.24, 2.45) is 0 Å². The minimum Gasteiger partial charge on any atom is -0.493 e. The Morgan fingerprint density at radius 1 is 0.974 bits per heavy atom. The van der Waals surface area contributed by atoms with Crippen LogP contribution in [0.1, 0.15) is 74.8 Å². The molecular formula is C31H34ClNO5. The second-order valence-electron chi connectivity index (χ2n) is 10.3. The van der Waals surface area contributed by atoms with Crippen LogP contribution in [-0.4, -0.2) is 32.1 Å². The van der Waals surface area contributed by atoms with E-state index in [0.717, 1.165) is 42.5 Å². The SMILES string of the molecule is COc1ccc([C@H]2CC(=O)C3=C(C2)NC(C)=C(C(=O)OC2CCCCC2)[C@H]3c2ccccc2Cl)cc1OC. The standard InChI is InChI=1S/C31H34ClNO5/c1-18-28(31(35)38-21-9-5-4-6-10-21)29(22-11-7-8-12-23(22)32)30-24(33-18)15-20(16-25(30)34)19-13-14-26(36-2)27(17-19)37-3/h7-8,11-14,17,20-21,29,33H,4-6,9-10,15-16H2,1-3H3/t20-,29-/m1/s1. The third kappa shape index (κ3) is 5.06. The first-order valence-corrected chi connectivity index (χ1v) is 13.7. The molecule has 0 unspecified atom stereocenters. The van der Waals surface area contributed by atoms with E-state index in [1.165, 1.54) is 6.42 Å². The Balaban J connectivity index is 1.52. The lowest BCUT2D eigenvalue weighted by Crippen LogP contribution is -2.37. The maximum absolute atomic E-state index is 13.9. The van der Waals surface area contributed by atoms with E-state index in [0.29, 0.717) is 46.2 Å². The van der Waals surface area contributed by atoms with Crippen LogP contribution in [0.3, 0.4) is 0 Å². The summed E-state index contributed by atoms with van der Waals surface area (Å²) in [5.41, 5.74) is 4.36. The first-order valence-electron chi connectivity index (χ1n) is 13.3. The summed E-state index contributed by atoms with van der Waals surface area (Å²) in [7, 11) is 3.21. The van der Waals surface area contributed by atoms with Crippen molar-refractivity contribution >= 4 is 23.4 Å². The first kappa shape index (κ1) is 26.4. The number of methoxy groups -OCH3 is 2. The Morgan fingerprint density at radius 3 is 2.42 bits per heavy atom. The Kier molecular flexibility index (Phi) is 7.80. The fourth-order valence-corrected chi connectivity index (χ4v) is 6.31. The second-order valence-corrected chi connectivity index (χ2v) is 10.7. The predicted molar refractivity (Wildman–Crippen MR) is 147 cm³/mol. The molecule has 2 atom stereocenters. The number of carbonyl (C=O) groups is 2. The van der Waals surface area contributed by atoms with Gasteiger partial charge in [-0.2, -0.15) is 0 Å². The van der Waals surface area contributed by atoms with Gasteiger partial charge in [-0.25, -0.2) is 4.79 Å². The van der Waals surface area contributed by atoms with Gasteiger partial charge in [-0.15, -0.1) is 0 Å². The van der Waals surface area contributed by atoms with Crippen LogP contribution in [0.25, 0.3) is 0 Å². The van der Waals surface area contributed by atoms with Gasteiger partial charge in [-0.1, -0.05) is 42.3 Å². The maximum Gasteiger partial charge on any atom is 0.337 e. The van der Waals surface area contributed by atoms with E-state index in [1.807, 2.05) is 43.3 Å². The first-order chi connectivity index (χ1) is 18.4. The largest absolute Gasteiger partial charge is 0.493 e. The van der Waals surface area contributed by atoms with Crippen LogP contribution in [0.2, 0.25) is 5.02 Å². The van der Waals surface area contributed by atoms with Crippen molar-refractivity contribution in [2.75, 3.05) is 14.2 Å². The molecule has 0 bridgehead atoms. The number of halogens is 1. The van der Waals surface area contributed by atoms with Crippen LogP contribution in [0.15, 0.2) is 65.0 Å². The molecule has 38 heavy (non-hydrogen) atoms. The number of hydrogen-bond acceptors (Lipinski definition) is 6. The fourth-order valence-electron chi connectivity index (χ4n) is 6.07. The van der Waals surface area contributed by atoms with Gasteiger partial charge in [-0.05, 0) is 74.3 Å². The monoisotopic (exact) mass is 535 g/mol. The summed E-state index contributed by atoms with van der Waals surface area (Å²) in [5, 5.41) is 3.95. The molecule has 1 fully saturated rings. The predicted octanol–water partition coefficient (Wildman–Crippen LogP) is 6.59. The second kappa shape index (κ2) is 11.2. The summed E-state index contributed by atoms with van der Waals surface area (Å²) in [6.07, 6.45) is 5.91. The normalized spacial score (nSPS) is 22.1. The summed E-state index contributed by atoms with van der Waals surface area (Å²) in [6.45, 7) is 1.88. The molecule has 0 saturated heterocycles. The van der Waals surface area contributed by atoms with Crippen molar-refractivity contribution in [1.82, 2.24) is 5.32 Å². The van der Waals surface area contributed by atoms with Crippen LogP contribution in [0.5, 0.6) is 11.5 Å². The van der Waals surface area contributed by atoms with Gasteiger partial charge >= 0.3 is 5.97 Å². The summed E-state index contributed by atoms with van der Waals surface area (Å²) < 4.78 is 16.9. The van der Waals surface area contributed by atoms with Crippen molar-refractivity contribution in [2.45, 2.75) is 69.8 Å². The molecule has 0 radical (unpaired) electrons. The summed E-state index contributed by atoms with van der Waals surface area (Å²) in [4.78, 5) is 27.5. The molecule has 7 heteroatoms. The molecule has 2 aromatic carbocycles. The van der Waals surface area contributed by atoms with E-state index in [4.69, 9.17) is 25.8 Å². The number of Topliss-reactive ketones (excluding diaryl/α,β-unsaturated/α-hetero) is 1. The average Bonchev–Trinajstić information content (AvgIpc) is 2.92. The molecule has 1 aliphatic heterocycles. The number of ketones is 1. The molecule has 0 spiro atoms. The lowest BCUT2D eigenvalue weighted by molar-refractivity contribution is -0.146. The molecule has 200 valence electrons. The lowest BCUT2D eigenvalue weighted by Gasteiger charge is -2.37. The third-order valence-electron chi connectivity index (χ3n) is 7.97. The van der Waals surface area contributed by atoms with Gasteiger partial charge in [0.05, 0.1) is 19.8 Å². The molecule has 1 N–H and O–H groups in total. The quantitative estimate of drug-likeness (QED) is 0.420. The van der Waals surface area contributed by atoms with E-state index < -0.39 is 5.92 Å². The van der Waals surface area contributed by atoms with Crippen LogP contribution >= 0.6 is 11.6 Å². The van der Waals surface area contributed by atoms with E-state index in [-0.39, 0.29) is 23.8 Å². The smallest absolute Gasteiger partial charge is 0.337 e. The number of nitrogens with one attached hydrogen (secondary N) is 1. The minimum absolute atomic E-state index is 0.000999. The van der Waals surface area contributed by atoms with Gasteiger partial charge in [-0.3, -0.25) is 4.79 Å². The minimum atomic E-state index is -0.574. The number of carbonyl (C=O) groups excluding carboxylic acids is 2. The van der Waals surface area contributed by atoms with Crippen LogP contribution in [0.4, 0.5) is 0 Å². The highest BCUT2D eigenvalue weighted by atomic mass is 35.5. The Labute approximate surface area is 229 Å². The van der Waals surface area contributed by atoms with E-state index >= 15 is 0 Å². The van der Waals surface area contributed by atoms with Crippen LogP contribution < -0.4 is 14.8 Å². The third-order valence-corrected chi connectivity index (χ3v) is 8.31. The van der Waals surface area contributed by atoms with Crippen LogP contribution in [0, 0.1) is 0 Å². The van der Waals surface area contributed by atoms with Crippen molar-refractivity contribution in [3.63, 3.8) is 0 Å². The van der Waals surface area contributed by atoms with Gasteiger partial charge in [0, 0.05) is 34.3 Å². The highest BCUT2D eigenvalue weighted by Gasteiger charge is 2.42. The van der Waals surface area contributed by atoms with Crippen LogP contribution in [-0.2, 0) is 14.3 Å². The Hall–Kier alpha value is -3.25. The molecule has 5 rings (SSSR count). The van der Waals surface area contributed by atoms with E-state index in [2.05, 4.69) is 5.32 Å². The molecule has 3 aliphatic rings. The number of rotatable bonds is 6. The molecule has 2 aliphatic carbocycles. The number of allylic oxidation sites excluding steroid dienone is 3. The topological polar surface area (TPSA) is 73.9 Å². The van der Waals surface area contributed by atoms with E-state index in [9.17, 15) is 9.59 Å². The van der Waals surface area contributed by atoms with Gasteiger partial charge in [0.25, 0.3) is 0 Å². The number of ether oxygens (including phenoxy) is 3. The van der Waals surface area contributed by atoms with Gasteiger partial charge in [0.15, 0.2) is 17.3 Å². The van der Waals surface area contributed by atoms with Gasteiger partial charge in [0.1, 0.15) is 6.10 Å². The molecule has 0 amide bonds. The number of dihydropyridines is 1.